The van der Waals surface area contributed by atoms with Crippen molar-refractivity contribution in [3.05, 3.63) is 54.7 Å². The summed E-state index contributed by atoms with van der Waals surface area (Å²) in [5.74, 6) is 0. The number of nitrogens with zero attached hydrogens (tertiary/aromatic N) is 1. The number of hydrogen-bond acceptors (Lipinski definition) is 2. The highest BCUT2D eigenvalue weighted by Gasteiger charge is 2.15. The average molecular weight is 265 g/mol. The molecule has 0 amide bonds. The van der Waals surface area contributed by atoms with Crippen LogP contribution in [0.25, 0.3) is 21.9 Å². The van der Waals surface area contributed by atoms with Gasteiger partial charge in [0.15, 0.2) is 5.58 Å². The highest BCUT2D eigenvalue weighted by Crippen LogP contribution is 2.35. The zero-order valence-corrected chi connectivity index (χ0v) is 12.0. The van der Waals surface area contributed by atoms with Crippen LogP contribution in [0.5, 0.6) is 0 Å². The number of para-hydroxylation sites is 2. The zero-order chi connectivity index (χ0) is 13.9. The fraction of sp³-hybridized carbons (Fsp3) is 0.222. The molecule has 0 fully saturated rings. The maximum atomic E-state index is 6.02. The lowest BCUT2D eigenvalue weighted by molar-refractivity contribution is 0.668. The first-order chi connectivity index (χ1) is 9.93. The van der Waals surface area contributed by atoms with E-state index in [0.717, 1.165) is 29.8 Å². The lowest BCUT2D eigenvalue weighted by Gasteiger charge is -2.15. The van der Waals surface area contributed by atoms with Crippen LogP contribution in [-0.2, 0) is 0 Å². The fourth-order valence-corrected chi connectivity index (χ4v) is 2.65. The summed E-state index contributed by atoms with van der Waals surface area (Å²) in [4.78, 5) is 2.25. The molecule has 102 valence electrons. The molecule has 0 spiro atoms. The van der Waals surface area contributed by atoms with Gasteiger partial charge in [0, 0.05) is 23.5 Å². The van der Waals surface area contributed by atoms with Crippen LogP contribution in [-0.4, -0.2) is 6.54 Å². The van der Waals surface area contributed by atoms with Crippen LogP contribution in [0.15, 0.2) is 59.2 Å². The van der Waals surface area contributed by atoms with E-state index in [9.17, 15) is 0 Å². The second-order valence-electron chi connectivity index (χ2n) is 4.62. The van der Waals surface area contributed by atoms with Gasteiger partial charge in [-0.25, -0.2) is 0 Å². The Labute approximate surface area is 119 Å². The molecular formula is C18H19NO. The van der Waals surface area contributed by atoms with Crippen LogP contribution in [0.3, 0.4) is 0 Å². The summed E-state index contributed by atoms with van der Waals surface area (Å²) >= 11 is 0. The van der Waals surface area contributed by atoms with Crippen LogP contribution in [0.1, 0.15) is 20.3 Å². The van der Waals surface area contributed by atoms with E-state index in [4.69, 9.17) is 4.42 Å². The second-order valence-corrected chi connectivity index (χ2v) is 4.62. The molecule has 0 saturated carbocycles. The first-order valence-corrected chi connectivity index (χ1v) is 7.27. The molecule has 2 heteroatoms. The summed E-state index contributed by atoms with van der Waals surface area (Å²) in [6.07, 6.45) is 5.44. The molecule has 4 rings (SSSR count). The Morgan fingerprint density at radius 3 is 2.55 bits per heavy atom. The van der Waals surface area contributed by atoms with Gasteiger partial charge in [-0.3, -0.25) is 0 Å². The van der Waals surface area contributed by atoms with E-state index >= 15 is 0 Å². The van der Waals surface area contributed by atoms with Crippen LogP contribution in [0, 0.1) is 0 Å². The van der Waals surface area contributed by atoms with Crippen molar-refractivity contribution in [3.63, 3.8) is 0 Å². The molecule has 20 heavy (non-hydrogen) atoms. The molecule has 2 aromatic carbocycles. The number of anilines is 1. The quantitative estimate of drug-likeness (QED) is 0.590. The van der Waals surface area contributed by atoms with Gasteiger partial charge in [-0.05, 0) is 18.6 Å². The Morgan fingerprint density at radius 1 is 0.950 bits per heavy atom. The molecule has 0 N–H and O–H groups in total. The molecule has 0 radical (unpaired) electrons. The molecular weight excluding hydrogens is 246 g/mol. The first kappa shape index (κ1) is 12.8. The second kappa shape index (κ2) is 5.41. The van der Waals surface area contributed by atoms with Crippen molar-refractivity contribution >= 4 is 27.6 Å². The minimum atomic E-state index is 0.961. The molecule has 0 aliphatic carbocycles. The summed E-state index contributed by atoms with van der Waals surface area (Å²) < 4.78 is 6.02. The molecule has 1 aliphatic heterocycles. The third-order valence-electron chi connectivity index (χ3n) is 3.51. The number of furan rings is 1. The summed E-state index contributed by atoms with van der Waals surface area (Å²) in [5, 5.41) is 2.39. The summed E-state index contributed by atoms with van der Waals surface area (Å²) in [7, 11) is 0. The van der Waals surface area contributed by atoms with E-state index in [-0.39, 0.29) is 0 Å². The largest absolute Gasteiger partial charge is 0.454 e. The van der Waals surface area contributed by atoms with E-state index in [0.29, 0.717) is 0 Å². The maximum Gasteiger partial charge on any atom is 0.159 e. The summed E-state index contributed by atoms with van der Waals surface area (Å²) in [5.41, 5.74) is 3.12. The number of fused-ring (bicyclic) bond motifs is 3. The van der Waals surface area contributed by atoms with Crippen molar-refractivity contribution in [2.24, 2.45) is 0 Å². The van der Waals surface area contributed by atoms with Crippen molar-refractivity contribution in [2.75, 3.05) is 11.4 Å². The minimum Gasteiger partial charge on any atom is -0.454 e. The molecule has 1 aromatic heterocycles. The van der Waals surface area contributed by atoms with Crippen LogP contribution < -0.4 is 4.90 Å². The van der Waals surface area contributed by atoms with Gasteiger partial charge < -0.3 is 9.32 Å². The zero-order valence-electron chi connectivity index (χ0n) is 12.0. The molecule has 0 saturated heterocycles. The normalized spacial score (nSPS) is 13.8. The number of rotatable bonds is 1. The summed E-state index contributed by atoms with van der Waals surface area (Å²) in [6.45, 7) is 5.04. The molecule has 0 atom stereocenters. The third kappa shape index (κ3) is 1.97. The fourth-order valence-electron chi connectivity index (χ4n) is 2.65. The Bertz CT molecular complexity index is 754. The highest BCUT2D eigenvalue weighted by atomic mass is 16.3. The predicted molar refractivity (Wildman–Crippen MR) is 86.2 cm³/mol. The van der Waals surface area contributed by atoms with Gasteiger partial charge >= 0.3 is 0 Å². The molecule has 0 bridgehead atoms. The third-order valence-corrected chi connectivity index (χ3v) is 3.51. The van der Waals surface area contributed by atoms with Gasteiger partial charge in [0.1, 0.15) is 5.58 Å². The number of hydrogen-bond donors (Lipinski definition) is 0. The van der Waals surface area contributed by atoms with Crippen LogP contribution in [0.4, 0.5) is 5.69 Å². The predicted octanol–water partition coefficient (Wildman–Crippen LogP) is 5.34. The van der Waals surface area contributed by atoms with E-state index in [1.165, 1.54) is 10.8 Å². The molecule has 0 unspecified atom stereocenters. The van der Waals surface area contributed by atoms with Crippen LogP contribution >= 0.6 is 0 Å². The Hall–Kier alpha value is -2.22. The standard InChI is InChI=1S/C16H13NO.C2H6/c1-2-9-15-12(6-1)13-7-5-8-14(16(13)18-15)17-10-3-4-11-17;1-2/h1-3,5-10H,4,11H2;1-2H3. The maximum absolute atomic E-state index is 6.02. The average Bonchev–Trinajstić information content (AvgIpc) is 3.16. The molecule has 3 aromatic rings. The molecule has 1 aliphatic rings. The van der Waals surface area contributed by atoms with E-state index < -0.39 is 0 Å². The van der Waals surface area contributed by atoms with E-state index in [1.807, 2.05) is 26.0 Å². The first-order valence-electron chi connectivity index (χ1n) is 7.27. The Morgan fingerprint density at radius 2 is 1.75 bits per heavy atom. The Balaban J connectivity index is 0.000000581. The topological polar surface area (TPSA) is 16.4 Å². The highest BCUT2D eigenvalue weighted by molar-refractivity contribution is 6.09. The van der Waals surface area contributed by atoms with Crippen molar-refractivity contribution in [1.82, 2.24) is 0 Å². The monoisotopic (exact) mass is 265 g/mol. The lowest BCUT2D eigenvalue weighted by atomic mass is 10.1. The van der Waals surface area contributed by atoms with Gasteiger partial charge in [0.25, 0.3) is 0 Å². The van der Waals surface area contributed by atoms with E-state index in [1.54, 1.807) is 0 Å². The van der Waals surface area contributed by atoms with Gasteiger partial charge in [-0.2, -0.15) is 0 Å². The van der Waals surface area contributed by atoms with Gasteiger partial charge in [0.2, 0.25) is 0 Å². The van der Waals surface area contributed by atoms with Gasteiger partial charge in [-0.15, -0.1) is 0 Å². The summed E-state index contributed by atoms with van der Waals surface area (Å²) in [6, 6.07) is 14.6. The molecule has 2 nitrogen and oxygen atoms in total. The van der Waals surface area contributed by atoms with E-state index in [2.05, 4.69) is 47.5 Å². The number of benzene rings is 2. The SMILES string of the molecule is C1=CN(c2cccc3c2oc2ccccc23)CC1.CC. The van der Waals surface area contributed by atoms with Crippen molar-refractivity contribution in [2.45, 2.75) is 20.3 Å². The van der Waals surface area contributed by atoms with Crippen LogP contribution in [0.2, 0.25) is 0 Å². The minimum absolute atomic E-state index is 0.961. The lowest BCUT2D eigenvalue weighted by Crippen LogP contribution is -2.11. The van der Waals surface area contributed by atoms with Gasteiger partial charge in [-0.1, -0.05) is 50.3 Å². The van der Waals surface area contributed by atoms with Crippen molar-refractivity contribution in [1.29, 1.82) is 0 Å². The Kier molecular flexibility index (Phi) is 3.46. The van der Waals surface area contributed by atoms with Crippen molar-refractivity contribution < 1.29 is 4.42 Å². The molecule has 2 heterocycles. The van der Waals surface area contributed by atoms with Gasteiger partial charge in [0.05, 0.1) is 5.69 Å². The van der Waals surface area contributed by atoms with Crippen molar-refractivity contribution in [3.8, 4) is 0 Å². The smallest absolute Gasteiger partial charge is 0.159 e.